The molecule has 1 atom stereocenters. The summed E-state index contributed by atoms with van der Waals surface area (Å²) >= 11 is 0. The summed E-state index contributed by atoms with van der Waals surface area (Å²) in [5.41, 5.74) is 0.267. The number of carbonyl (C=O) groups is 1. The third-order valence-corrected chi connectivity index (χ3v) is 5.25. The van der Waals surface area contributed by atoms with Crippen LogP contribution >= 0.6 is 0 Å². The van der Waals surface area contributed by atoms with E-state index in [2.05, 4.69) is 16.4 Å². The Hall–Kier alpha value is -4.00. The van der Waals surface area contributed by atoms with E-state index in [4.69, 9.17) is 9.47 Å². The fourth-order valence-electron chi connectivity index (χ4n) is 3.67. The Morgan fingerprint density at radius 3 is 2.66 bits per heavy atom. The molecule has 3 rings (SSSR count). The number of benzene rings is 1. The zero-order chi connectivity index (χ0) is 25.9. The average Bonchev–Trinajstić information content (AvgIpc) is 2.77. The molecule has 0 aliphatic rings. The molecule has 0 spiro atoms. The van der Waals surface area contributed by atoms with Crippen molar-refractivity contribution in [3.8, 4) is 11.8 Å². The molecule has 184 valence electrons. The predicted octanol–water partition coefficient (Wildman–Crippen LogP) is 4.71. The maximum atomic E-state index is 13.0. The fourth-order valence-corrected chi connectivity index (χ4v) is 3.67. The minimum Gasteiger partial charge on any atom is -0.490 e. The maximum absolute atomic E-state index is 13.0. The highest BCUT2D eigenvalue weighted by atomic mass is 19.3. The summed E-state index contributed by atoms with van der Waals surface area (Å²) in [5.74, 6) is 0.154. The smallest absolute Gasteiger partial charge is 0.408 e. The number of ether oxygens (including phenoxy) is 2. The van der Waals surface area contributed by atoms with Crippen LogP contribution in [0.4, 0.5) is 13.6 Å². The molecule has 0 aliphatic carbocycles. The number of nitrogens with one attached hydrogen (secondary N) is 1. The van der Waals surface area contributed by atoms with Gasteiger partial charge in [-0.15, -0.1) is 0 Å². The Morgan fingerprint density at radius 2 is 2.03 bits per heavy atom. The topological polar surface area (TPSA) is 106 Å². The van der Waals surface area contributed by atoms with E-state index in [1.165, 1.54) is 4.57 Å². The van der Waals surface area contributed by atoms with E-state index in [1.807, 2.05) is 0 Å². The lowest BCUT2D eigenvalue weighted by Gasteiger charge is -2.23. The van der Waals surface area contributed by atoms with Crippen molar-refractivity contribution in [2.24, 2.45) is 7.05 Å². The Kier molecular flexibility index (Phi) is 7.39. The highest BCUT2D eigenvalue weighted by Gasteiger charge is 2.21. The Balaban J connectivity index is 1.98. The van der Waals surface area contributed by atoms with Gasteiger partial charge in [0.1, 0.15) is 24.0 Å². The number of halogens is 2. The van der Waals surface area contributed by atoms with Crippen molar-refractivity contribution in [3.63, 3.8) is 0 Å². The predicted molar refractivity (Wildman–Crippen MR) is 128 cm³/mol. The van der Waals surface area contributed by atoms with Crippen molar-refractivity contribution in [3.05, 3.63) is 58.2 Å². The van der Waals surface area contributed by atoms with E-state index >= 15 is 0 Å². The lowest BCUT2D eigenvalue weighted by molar-refractivity contribution is 0.0488. The molecule has 10 heteroatoms. The molecule has 0 saturated carbocycles. The fraction of sp³-hybridized carbons (Fsp3) is 0.360. The molecule has 8 nitrogen and oxygen atoms in total. The van der Waals surface area contributed by atoms with E-state index < -0.39 is 23.8 Å². The van der Waals surface area contributed by atoms with E-state index in [1.54, 1.807) is 59.1 Å². The zero-order valence-electron chi connectivity index (χ0n) is 20.1. The Labute approximate surface area is 200 Å². The van der Waals surface area contributed by atoms with Crippen molar-refractivity contribution in [2.45, 2.75) is 45.8 Å². The summed E-state index contributed by atoms with van der Waals surface area (Å²) in [5, 5.41) is 14.0. The van der Waals surface area contributed by atoms with Gasteiger partial charge in [0.05, 0.1) is 28.2 Å². The molecule has 1 N–H and O–H groups in total. The third kappa shape index (κ3) is 5.93. The quantitative estimate of drug-likeness (QED) is 0.508. The lowest BCUT2D eigenvalue weighted by Crippen LogP contribution is -2.42. The molecule has 1 aromatic carbocycles. The van der Waals surface area contributed by atoms with Crippen LogP contribution in [0.5, 0.6) is 5.75 Å². The number of nitrogens with zero attached hydrogens (tertiary/aromatic N) is 3. The first kappa shape index (κ1) is 25.6. The summed E-state index contributed by atoms with van der Waals surface area (Å²) in [6, 6.07) is 6.10. The number of aromatic nitrogens is 2. The first-order chi connectivity index (χ1) is 16.4. The number of fused-ring (bicyclic) bond motifs is 3. The van der Waals surface area contributed by atoms with Crippen LogP contribution in [0.2, 0.25) is 0 Å². The van der Waals surface area contributed by atoms with Crippen molar-refractivity contribution in [1.29, 1.82) is 5.26 Å². The highest BCUT2D eigenvalue weighted by molar-refractivity contribution is 6.07. The van der Waals surface area contributed by atoms with Crippen LogP contribution in [0.25, 0.3) is 21.7 Å². The van der Waals surface area contributed by atoms with Gasteiger partial charge in [0.2, 0.25) is 0 Å². The van der Waals surface area contributed by atoms with Gasteiger partial charge in [-0.05, 0) is 57.7 Å². The minimum atomic E-state index is -1.89. The van der Waals surface area contributed by atoms with Crippen LogP contribution in [0, 0.1) is 18.3 Å². The van der Waals surface area contributed by atoms with Gasteiger partial charge < -0.3 is 19.4 Å². The van der Waals surface area contributed by atoms with Crippen molar-refractivity contribution in [2.75, 3.05) is 6.61 Å². The first-order valence-electron chi connectivity index (χ1n) is 10.9. The molecular formula is C25H26F2N4O4. The molecule has 1 amide bonds. The molecule has 3 aromatic rings. The second-order valence-corrected chi connectivity index (χ2v) is 9.04. The van der Waals surface area contributed by atoms with Crippen LogP contribution in [-0.4, -0.2) is 33.9 Å². The summed E-state index contributed by atoms with van der Waals surface area (Å²) in [6.07, 6.45) is -0.626. The van der Waals surface area contributed by atoms with E-state index in [-0.39, 0.29) is 29.9 Å². The van der Waals surface area contributed by atoms with Gasteiger partial charge in [-0.25, -0.2) is 4.79 Å². The number of alkyl carbamates (subject to hydrolysis) is 1. The normalized spacial score (nSPS) is 12.2. The highest BCUT2D eigenvalue weighted by Crippen LogP contribution is 2.30. The van der Waals surface area contributed by atoms with Crippen molar-refractivity contribution in [1.82, 2.24) is 14.9 Å². The molecule has 0 unspecified atom stereocenters. The lowest BCUT2D eigenvalue weighted by atomic mass is 10.0. The summed E-state index contributed by atoms with van der Waals surface area (Å²) < 4.78 is 37.8. The molecule has 0 fully saturated rings. The largest absolute Gasteiger partial charge is 0.490 e. The number of aryl methyl sites for hydroxylation is 2. The standard InChI is InChI=1S/C25H26F2N4O4/c1-14-22-17(8-9-29-14)18-10-15(12-28)20(11-19(18)31(5)23(22)32)34-13-16(6-7-21(26)27)30-24(33)35-25(2,3)4/h7-11,16H,6,13H2,1-5H3,(H,30,33)/t16-/m0/s1. The zero-order valence-corrected chi connectivity index (χ0v) is 20.1. The molecule has 0 radical (unpaired) electrons. The van der Waals surface area contributed by atoms with Gasteiger partial charge in [0.15, 0.2) is 0 Å². The van der Waals surface area contributed by atoms with Gasteiger partial charge in [-0.1, -0.05) is 0 Å². The summed E-state index contributed by atoms with van der Waals surface area (Å²) in [4.78, 5) is 29.3. The third-order valence-electron chi connectivity index (χ3n) is 5.25. The monoisotopic (exact) mass is 484 g/mol. The molecule has 2 aromatic heterocycles. The van der Waals surface area contributed by atoms with Crippen LogP contribution in [0.15, 0.2) is 41.3 Å². The molecular weight excluding hydrogens is 458 g/mol. The van der Waals surface area contributed by atoms with Crippen LogP contribution in [-0.2, 0) is 11.8 Å². The second-order valence-electron chi connectivity index (χ2n) is 9.04. The number of nitriles is 1. The number of pyridine rings is 2. The minimum absolute atomic E-state index is 0.154. The van der Waals surface area contributed by atoms with Crippen LogP contribution in [0.1, 0.15) is 38.4 Å². The molecule has 35 heavy (non-hydrogen) atoms. The summed E-state index contributed by atoms with van der Waals surface area (Å²) in [6.45, 7) is 6.57. The number of hydrogen-bond acceptors (Lipinski definition) is 6. The SMILES string of the molecule is Cc1nccc2c1c(=O)n(C)c1cc(OC[C@H](CC=C(F)F)NC(=O)OC(C)(C)C)c(C#N)cc21. The number of amides is 1. The van der Waals surface area contributed by atoms with Crippen LogP contribution < -0.4 is 15.6 Å². The van der Waals surface area contributed by atoms with E-state index in [0.29, 0.717) is 33.4 Å². The Bertz CT molecular complexity index is 1410. The van der Waals surface area contributed by atoms with E-state index in [9.17, 15) is 23.6 Å². The van der Waals surface area contributed by atoms with Crippen molar-refractivity contribution >= 4 is 27.8 Å². The molecule has 0 aliphatic heterocycles. The molecule has 0 saturated heterocycles. The van der Waals surface area contributed by atoms with Gasteiger partial charge in [0, 0.05) is 24.7 Å². The van der Waals surface area contributed by atoms with Gasteiger partial charge in [-0.2, -0.15) is 14.0 Å². The average molecular weight is 485 g/mol. The van der Waals surface area contributed by atoms with Gasteiger partial charge >= 0.3 is 6.09 Å². The van der Waals surface area contributed by atoms with Gasteiger partial charge in [0.25, 0.3) is 11.6 Å². The number of rotatable bonds is 6. The molecule has 0 bridgehead atoms. The van der Waals surface area contributed by atoms with E-state index in [0.717, 1.165) is 0 Å². The van der Waals surface area contributed by atoms with Gasteiger partial charge in [-0.3, -0.25) is 9.78 Å². The second kappa shape index (κ2) is 10.1. The van der Waals surface area contributed by atoms with Crippen LogP contribution in [0.3, 0.4) is 0 Å². The number of hydrogen-bond donors (Lipinski definition) is 1. The molecule has 2 heterocycles. The first-order valence-corrected chi connectivity index (χ1v) is 10.9. The number of carbonyl (C=O) groups excluding carboxylic acids is 1. The van der Waals surface area contributed by atoms with Crippen molar-refractivity contribution < 1.29 is 23.0 Å². The Morgan fingerprint density at radius 1 is 1.31 bits per heavy atom. The maximum Gasteiger partial charge on any atom is 0.408 e. The summed E-state index contributed by atoms with van der Waals surface area (Å²) in [7, 11) is 1.61.